The van der Waals surface area contributed by atoms with Gasteiger partial charge >= 0.3 is 0 Å². The monoisotopic (exact) mass is 244 g/mol. The van der Waals surface area contributed by atoms with Gasteiger partial charge < -0.3 is 9.88 Å². The molecule has 3 nitrogen and oxygen atoms in total. The zero-order valence-electron chi connectivity index (χ0n) is 11.5. The van der Waals surface area contributed by atoms with Crippen LogP contribution in [0.2, 0.25) is 0 Å². The third-order valence-electron chi connectivity index (χ3n) is 3.52. The summed E-state index contributed by atoms with van der Waals surface area (Å²) in [6, 6.07) is 4.35. The van der Waals surface area contributed by atoms with Gasteiger partial charge in [-0.25, -0.2) is 0 Å². The second-order valence-corrected chi connectivity index (χ2v) is 4.90. The van der Waals surface area contributed by atoms with E-state index < -0.39 is 0 Å². The number of fused-ring (bicyclic) bond motifs is 1. The van der Waals surface area contributed by atoms with Crippen LogP contribution in [0.1, 0.15) is 23.6 Å². The van der Waals surface area contributed by atoms with E-state index >= 15 is 0 Å². The van der Waals surface area contributed by atoms with Crippen molar-refractivity contribution in [1.29, 1.82) is 0 Å². The number of hydrogen-bond donors (Lipinski definition) is 1. The first-order chi connectivity index (χ1) is 8.50. The number of hydrogen-bond acceptors (Lipinski definition) is 1. The van der Waals surface area contributed by atoms with Crippen molar-refractivity contribution in [2.75, 3.05) is 6.54 Å². The number of aromatic nitrogens is 1. The van der Waals surface area contributed by atoms with Crippen molar-refractivity contribution in [1.82, 2.24) is 9.88 Å². The normalized spacial score (nSPS) is 10.9. The quantitative estimate of drug-likeness (QED) is 0.884. The van der Waals surface area contributed by atoms with Gasteiger partial charge in [0.15, 0.2) is 0 Å². The van der Waals surface area contributed by atoms with Crippen LogP contribution in [0.4, 0.5) is 0 Å². The number of benzene rings is 1. The molecule has 0 spiro atoms. The molecule has 3 heteroatoms. The van der Waals surface area contributed by atoms with Crippen molar-refractivity contribution in [3.8, 4) is 0 Å². The molecule has 0 radical (unpaired) electrons. The van der Waals surface area contributed by atoms with Gasteiger partial charge in [-0.2, -0.15) is 0 Å². The van der Waals surface area contributed by atoms with Crippen LogP contribution >= 0.6 is 0 Å². The third-order valence-corrected chi connectivity index (χ3v) is 3.52. The van der Waals surface area contributed by atoms with Crippen LogP contribution in [0.3, 0.4) is 0 Å². The van der Waals surface area contributed by atoms with Crippen molar-refractivity contribution in [3.63, 3.8) is 0 Å². The highest BCUT2D eigenvalue weighted by atomic mass is 16.1. The molecule has 0 saturated heterocycles. The van der Waals surface area contributed by atoms with E-state index in [1.54, 1.807) is 6.92 Å². The Morgan fingerprint density at radius 1 is 1.33 bits per heavy atom. The molecule has 0 atom stereocenters. The van der Waals surface area contributed by atoms with Crippen LogP contribution in [0, 0.1) is 13.8 Å². The summed E-state index contributed by atoms with van der Waals surface area (Å²) in [6.07, 6.45) is 3.04. The smallest absolute Gasteiger partial charge is 0.216 e. The van der Waals surface area contributed by atoms with Crippen LogP contribution in [0.25, 0.3) is 10.9 Å². The van der Waals surface area contributed by atoms with E-state index in [0.29, 0.717) is 6.54 Å². The molecule has 96 valence electrons. The average molecular weight is 244 g/mol. The maximum Gasteiger partial charge on any atom is 0.216 e. The first-order valence-corrected chi connectivity index (χ1v) is 6.29. The predicted octanol–water partition coefficient (Wildman–Crippen LogP) is 2.47. The highest BCUT2D eigenvalue weighted by Crippen LogP contribution is 2.26. The van der Waals surface area contributed by atoms with E-state index in [4.69, 9.17) is 0 Å². The van der Waals surface area contributed by atoms with E-state index in [1.807, 2.05) is 0 Å². The first kappa shape index (κ1) is 12.7. The van der Waals surface area contributed by atoms with Crippen molar-refractivity contribution < 1.29 is 4.79 Å². The summed E-state index contributed by atoms with van der Waals surface area (Å²) < 4.78 is 2.18. The van der Waals surface area contributed by atoms with Crippen LogP contribution in [0.5, 0.6) is 0 Å². The zero-order valence-corrected chi connectivity index (χ0v) is 11.5. The number of aryl methyl sites for hydroxylation is 3. The highest BCUT2D eigenvalue weighted by Gasteiger charge is 2.09. The molecule has 1 N–H and O–H groups in total. The summed E-state index contributed by atoms with van der Waals surface area (Å²) in [7, 11) is 2.08. The fourth-order valence-corrected chi connectivity index (χ4v) is 2.45. The molecule has 0 aliphatic rings. The van der Waals surface area contributed by atoms with Gasteiger partial charge in [0.05, 0.1) is 5.52 Å². The topological polar surface area (TPSA) is 34.0 Å². The summed E-state index contributed by atoms with van der Waals surface area (Å²) in [5.41, 5.74) is 5.25. The Hall–Kier alpha value is -1.77. The van der Waals surface area contributed by atoms with Gasteiger partial charge in [-0.3, -0.25) is 4.79 Å². The van der Waals surface area contributed by atoms with Gasteiger partial charge in [0, 0.05) is 32.1 Å². The minimum absolute atomic E-state index is 0.0299. The summed E-state index contributed by atoms with van der Waals surface area (Å²) >= 11 is 0. The standard InChI is InChI=1S/C15H20N2O/c1-10-5-6-14-13(7-8-16-12(3)18)9-17(4)15(14)11(10)2/h5-6,9H,7-8H2,1-4H3,(H,16,18). The van der Waals surface area contributed by atoms with E-state index in [1.165, 1.54) is 27.6 Å². The molecular formula is C15H20N2O. The minimum Gasteiger partial charge on any atom is -0.356 e. The van der Waals surface area contributed by atoms with Crippen molar-refractivity contribution in [3.05, 3.63) is 35.0 Å². The molecule has 2 rings (SSSR count). The second-order valence-electron chi connectivity index (χ2n) is 4.90. The maximum absolute atomic E-state index is 10.9. The number of nitrogens with one attached hydrogen (secondary N) is 1. The zero-order chi connectivity index (χ0) is 13.3. The molecule has 0 saturated carbocycles. The number of carbonyl (C=O) groups is 1. The van der Waals surface area contributed by atoms with Crippen LogP contribution in [-0.2, 0) is 18.3 Å². The van der Waals surface area contributed by atoms with Crippen LogP contribution < -0.4 is 5.32 Å². The second kappa shape index (κ2) is 4.84. The lowest BCUT2D eigenvalue weighted by atomic mass is 10.0. The molecule has 0 unspecified atom stereocenters. The summed E-state index contributed by atoms with van der Waals surface area (Å²) in [4.78, 5) is 10.9. The number of nitrogens with zero attached hydrogens (tertiary/aromatic N) is 1. The average Bonchev–Trinajstić information content (AvgIpc) is 2.61. The Bertz CT molecular complexity index is 596. The summed E-state index contributed by atoms with van der Waals surface area (Å²) in [5, 5.41) is 4.14. The van der Waals surface area contributed by atoms with Gasteiger partial charge in [0.2, 0.25) is 5.91 Å². The number of amides is 1. The van der Waals surface area contributed by atoms with E-state index in [2.05, 4.69) is 49.1 Å². The van der Waals surface area contributed by atoms with E-state index in [0.717, 1.165) is 6.42 Å². The SMILES string of the molecule is CC(=O)NCCc1cn(C)c2c(C)c(C)ccc12. The van der Waals surface area contributed by atoms with Gasteiger partial charge in [-0.1, -0.05) is 12.1 Å². The molecule has 0 bridgehead atoms. The first-order valence-electron chi connectivity index (χ1n) is 6.29. The van der Waals surface area contributed by atoms with Crippen molar-refractivity contribution in [2.24, 2.45) is 7.05 Å². The van der Waals surface area contributed by atoms with E-state index in [9.17, 15) is 4.79 Å². The molecule has 18 heavy (non-hydrogen) atoms. The maximum atomic E-state index is 10.9. The van der Waals surface area contributed by atoms with Gasteiger partial charge in [0.1, 0.15) is 0 Å². The molecule has 1 aromatic heterocycles. The highest BCUT2D eigenvalue weighted by molar-refractivity contribution is 5.87. The Balaban J connectivity index is 2.35. The Labute approximate surface area is 108 Å². The molecule has 1 aromatic carbocycles. The van der Waals surface area contributed by atoms with Crippen LogP contribution in [0.15, 0.2) is 18.3 Å². The minimum atomic E-state index is 0.0299. The molecule has 1 heterocycles. The van der Waals surface area contributed by atoms with Gasteiger partial charge in [0.25, 0.3) is 0 Å². The largest absolute Gasteiger partial charge is 0.356 e. The van der Waals surface area contributed by atoms with Gasteiger partial charge in [-0.15, -0.1) is 0 Å². The fourth-order valence-electron chi connectivity index (χ4n) is 2.45. The van der Waals surface area contributed by atoms with Crippen LogP contribution in [-0.4, -0.2) is 17.0 Å². The molecule has 0 aliphatic heterocycles. The molecule has 0 aliphatic carbocycles. The Kier molecular flexibility index (Phi) is 3.41. The number of rotatable bonds is 3. The lowest BCUT2D eigenvalue weighted by Crippen LogP contribution is -2.22. The Morgan fingerprint density at radius 2 is 2.06 bits per heavy atom. The molecule has 2 aromatic rings. The lowest BCUT2D eigenvalue weighted by molar-refractivity contribution is -0.118. The van der Waals surface area contributed by atoms with Gasteiger partial charge in [-0.05, 0) is 37.0 Å². The molecule has 0 fully saturated rings. The summed E-state index contributed by atoms with van der Waals surface area (Å²) in [5.74, 6) is 0.0299. The van der Waals surface area contributed by atoms with E-state index in [-0.39, 0.29) is 5.91 Å². The fraction of sp³-hybridized carbons (Fsp3) is 0.400. The Morgan fingerprint density at radius 3 is 2.72 bits per heavy atom. The molecular weight excluding hydrogens is 224 g/mol. The lowest BCUT2D eigenvalue weighted by Gasteiger charge is -2.05. The molecule has 1 amide bonds. The number of carbonyl (C=O) groups excluding carboxylic acids is 1. The van der Waals surface area contributed by atoms with Crippen molar-refractivity contribution in [2.45, 2.75) is 27.2 Å². The predicted molar refractivity (Wildman–Crippen MR) is 74.8 cm³/mol. The third kappa shape index (κ3) is 2.26. The summed E-state index contributed by atoms with van der Waals surface area (Å²) in [6.45, 7) is 6.55. The van der Waals surface area contributed by atoms with Crippen molar-refractivity contribution >= 4 is 16.8 Å².